The van der Waals surface area contributed by atoms with E-state index in [4.69, 9.17) is 4.74 Å². The summed E-state index contributed by atoms with van der Waals surface area (Å²) < 4.78 is 5.74. The third-order valence-corrected chi connectivity index (χ3v) is 6.25. The molecule has 2 aliphatic carbocycles. The van der Waals surface area contributed by atoms with Crippen LogP contribution in [0, 0.1) is 23.7 Å². The molecule has 3 aliphatic rings. The van der Waals surface area contributed by atoms with E-state index in [1.165, 1.54) is 0 Å². The average molecular weight is 402 g/mol. The number of hydrogen-bond donors (Lipinski definition) is 1. The average Bonchev–Trinajstić information content (AvgIpc) is 3.44. The molecule has 5 rings (SSSR count). The van der Waals surface area contributed by atoms with Gasteiger partial charge in [0, 0.05) is 5.69 Å². The molecular formula is C24H22N2O4. The van der Waals surface area contributed by atoms with E-state index in [-0.39, 0.29) is 47.9 Å². The molecule has 2 bridgehead atoms. The van der Waals surface area contributed by atoms with Gasteiger partial charge in [-0.3, -0.25) is 19.3 Å². The van der Waals surface area contributed by atoms with Crippen LogP contribution in [0.3, 0.4) is 0 Å². The summed E-state index contributed by atoms with van der Waals surface area (Å²) in [5, 5.41) is 2.76. The zero-order chi connectivity index (χ0) is 20.7. The lowest BCUT2D eigenvalue weighted by Gasteiger charge is -2.17. The van der Waals surface area contributed by atoms with Crippen molar-refractivity contribution in [3.05, 3.63) is 72.3 Å². The molecular weight excluding hydrogens is 380 g/mol. The quantitative estimate of drug-likeness (QED) is 0.595. The van der Waals surface area contributed by atoms with Gasteiger partial charge in [0.2, 0.25) is 17.7 Å². The van der Waals surface area contributed by atoms with E-state index >= 15 is 0 Å². The predicted octanol–water partition coefficient (Wildman–Crippen LogP) is 3.01. The Balaban J connectivity index is 1.16. The molecule has 3 amide bonds. The van der Waals surface area contributed by atoms with Gasteiger partial charge in [-0.1, -0.05) is 42.5 Å². The zero-order valence-corrected chi connectivity index (χ0v) is 16.4. The van der Waals surface area contributed by atoms with Gasteiger partial charge in [-0.25, -0.2) is 0 Å². The Labute approximate surface area is 174 Å². The monoisotopic (exact) mass is 402 g/mol. The number of carbonyl (C=O) groups is 3. The normalized spacial score (nSPS) is 26.2. The molecule has 1 heterocycles. The Morgan fingerprint density at radius 2 is 1.57 bits per heavy atom. The summed E-state index contributed by atoms with van der Waals surface area (Å²) >= 11 is 0. The highest BCUT2D eigenvalue weighted by Gasteiger charge is 2.59. The first-order valence-corrected chi connectivity index (χ1v) is 10.2. The van der Waals surface area contributed by atoms with Crippen molar-refractivity contribution in [2.24, 2.45) is 23.7 Å². The van der Waals surface area contributed by atoms with Crippen LogP contribution in [-0.4, -0.2) is 29.2 Å². The van der Waals surface area contributed by atoms with Crippen LogP contribution in [-0.2, 0) is 21.0 Å². The van der Waals surface area contributed by atoms with Crippen LogP contribution in [0.15, 0.2) is 66.7 Å². The van der Waals surface area contributed by atoms with E-state index in [1.807, 2.05) is 42.5 Å². The van der Waals surface area contributed by atoms with Crippen molar-refractivity contribution in [3.63, 3.8) is 0 Å². The molecule has 1 aliphatic heterocycles. The molecule has 1 saturated heterocycles. The van der Waals surface area contributed by atoms with Crippen molar-refractivity contribution in [2.75, 3.05) is 11.9 Å². The number of carbonyl (C=O) groups excluding carboxylic acids is 3. The molecule has 0 radical (unpaired) electrons. The summed E-state index contributed by atoms with van der Waals surface area (Å²) in [6.45, 7) is 0.223. The van der Waals surface area contributed by atoms with Gasteiger partial charge >= 0.3 is 0 Å². The lowest BCUT2D eigenvalue weighted by molar-refractivity contribution is -0.143. The van der Waals surface area contributed by atoms with Crippen LogP contribution in [0.4, 0.5) is 5.69 Å². The minimum absolute atomic E-state index is 0.146. The molecule has 1 N–H and O–H groups in total. The highest BCUT2D eigenvalue weighted by Crippen LogP contribution is 2.52. The second kappa shape index (κ2) is 7.44. The van der Waals surface area contributed by atoms with Gasteiger partial charge in [-0.05, 0) is 48.1 Å². The van der Waals surface area contributed by atoms with Gasteiger partial charge in [0.25, 0.3) is 0 Å². The maximum atomic E-state index is 12.7. The molecule has 1 saturated carbocycles. The molecule has 0 unspecified atom stereocenters. The Morgan fingerprint density at radius 3 is 2.20 bits per heavy atom. The predicted molar refractivity (Wildman–Crippen MR) is 110 cm³/mol. The van der Waals surface area contributed by atoms with Crippen molar-refractivity contribution in [2.45, 2.75) is 13.0 Å². The molecule has 2 fully saturated rings. The second-order valence-corrected chi connectivity index (χ2v) is 8.11. The first-order chi connectivity index (χ1) is 14.6. The Kier molecular flexibility index (Phi) is 4.62. The third kappa shape index (κ3) is 3.28. The number of allylic oxidation sites excluding steroid dienone is 2. The summed E-state index contributed by atoms with van der Waals surface area (Å²) in [5.74, 6) is -0.362. The van der Waals surface area contributed by atoms with Crippen molar-refractivity contribution >= 4 is 23.4 Å². The van der Waals surface area contributed by atoms with Crippen LogP contribution in [0.1, 0.15) is 12.0 Å². The van der Waals surface area contributed by atoms with E-state index in [0.717, 1.165) is 16.9 Å². The number of nitrogens with one attached hydrogen (secondary N) is 1. The molecule has 6 nitrogen and oxygen atoms in total. The smallest absolute Gasteiger partial charge is 0.244 e. The number of likely N-dealkylation sites (tertiary alicyclic amines) is 1. The third-order valence-electron chi connectivity index (χ3n) is 6.25. The van der Waals surface area contributed by atoms with E-state index in [1.54, 1.807) is 24.3 Å². The second-order valence-electron chi connectivity index (χ2n) is 8.11. The number of ether oxygens (including phenoxy) is 1. The highest BCUT2D eigenvalue weighted by molar-refractivity contribution is 6.09. The number of benzene rings is 2. The van der Waals surface area contributed by atoms with E-state index in [0.29, 0.717) is 18.0 Å². The molecule has 4 atom stereocenters. The van der Waals surface area contributed by atoms with Crippen molar-refractivity contribution in [3.8, 4) is 5.75 Å². The van der Waals surface area contributed by atoms with E-state index in [2.05, 4.69) is 5.32 Å². The summed E-state index contributed by atoms with van der Waals surface area (Å²) in [5.41, 5.74) is 1.66. The van der Waals surface area contributed by atoms with Gasteiger partial charge in [0.05, 0.1) is 11.8 Å². The van der Waals surface area contributed by atoms with Gasteiger partial charge in [0.15, 0.2) is 0 Å². The van der Waals surface area contributed by atoms with Gasteiger partial charge in [-0.15, -0.1) is 0 Å². The SMILES string of the molecule is O=C(CN1C(=O)[C@H]2[C@H](C1=O)[C@H]1C=C[C@H]2C1)Nc1ccc(OCc2ccccc2)cc1. The molecule has 0 spiro atoms. The van der Waals surface area contributed by atoms with E-state index in [9.17, 15) is 14.4 Å². The Morgan fingerprint density at radius 1 is 0.933 bits per heavy atom. The van der Waals surface area contributed by atoms with Crippen LogP contribution in [0.5, 0.6) is 5.75 Å². The first-order valence-electron chi connectivity index (χ1n) is 10.2. The maximum absolute atomic E-state index is 12.7. The largest absolute Gasteiger partial charge is 0.489 e. The van der Waals surface area contributed by atoms with E-state index < -0.39 is 0 Å². The van der Waals surface area contributed by atoms with Crippen molar-refractivity contribution in [1.29, 1.82) is 0 Å². The van der Waals surface area contributed by atoms with Crippen LogP contribution >= 0.6 is 0 Å². The summed E-state index contributed by atoms with van der Waals surface area (Å²) in [7, 11) is 0. The topological polar surface area (TPSA) is 75.7 Å². The summed E-state index contributed by atoms with van der Waals surface area (Å²) in [6, 6.07) is 16.9. The fraction of sp³-hybridized carbons (Fsp3) is 0.292. The lowest BCUT2D eigenvalue weighted by atomic mass is 9.85. The molecule has 6 heteroatoms. The van der Waals surface area contributed by atoms with Crippen LogP contribution in [0.25, 0.3) is 0 Å². The van der Waals surface area contributed by atoms with Crippen molar-refractivity contribution < 1.29 is 19.1 Å². The van der Waals surface area contributed by atoms with Crippen molar-refractivity contribution in [1.82, 2.24) is 4.90 Å². The molecule has 2 aromatic carbocycles. The standard InChI is InChI=1S/C24H22N2O4/c27-20(13-26-23(28)21-16-6-7-17(12-16)22(21)24(26)29)25-18-8-10-19(11-9-18)30-14-15-4-2-1-3-5-15/h1-11,16-17,21-22H,12-14H2,(H,25,27)/t16-,17-,21+,22+/m0/s1. The van der Waals surface area contributed by atoms with Gasteiger partial charge < -0.3 is 10.1 Å². The number of imide groups is 1. The highest BCUT2D eigenvalue weighted by atomic mass is 16.5. The Hall–Kier alpha value is -3.41. The number of hydrogen-bond acceptors (Lipinski definition) is 4. The summed E-state index contributed by atoms with van der Waals surface area (Å²) in [6.07, 6.45) is 4.97. The number of anilines is 1. The van der Waals surface area contributed by atoms with Crippen LogP contribution in [0.2, 0.25) is 0 Å². The fourth-order valence-electron chi connectivity index (χ4n) is 4.84. The molecule has 2 aromatic rings. The number of rotatable bonds is 6. The van der Waals surface area contributed by atoms with Gasteiger partial charge in [-0.2, -0.15) is 0 Å². The molecule has 0 aromatic heterocycles. The maximum Gasteiger partial charge on any atom is 0.244 e. The minimum Gasteiger partial charge on any atom is -0.489 e. The Bertz CT molecular complexity index is 985. The molecule has 152 valence electrons. The summed E-state index contributed by atoms with van der Waals surface area (Å²) in [4.78, 5) is 38.9. The number of amides is 3. The van der Waals surface area contributed by atoms with Gasteiger partial charge in [0.1, 0.15) is 18.9 Å². The first kappa shape index (κ1) is 18.6. The van der Waals surface area contributed by atoms with Crippen LogP contribution < -0.4 is 10.1 Å². The zero-order valence-electron chi connectivity index (χ0n) is 16.4. The molecule has 30 heavy (non-hydrogen) atoms. The number of nitrogens with zero attached hydrogens (tertiary/aromatic N) is 1. The number of fused-ring (bicyclic) bond motifs is 5. The lowest BCUT2D eigenvalue weighted by Crippen LogP contribution is -2.39. The fourth-order valence-corrected chi connectivity index (χ4v) is 4.84. The minimum atomic E-state index is -0.380.